The topological polar surface area (TPSA) is 130 Å². The number of carbonyl (C=O) groups excluding carboxylic acids is 2. The van der Waals surface area contributed by atoms with Gasteiger partial charge in [0, 0.05) is 19.6 Å². The highest BCUT2D eigenvalue weighted by atomic mass is 16.6. The summed E-state index contributed by atoms with van der Waals surface area (Å²) in [6, 6.07) is 0. The molecule has 164 valence electrons. The Hall–Kier alpha value is -1.75. The van der Waals surface area contributed by atoms with Crippen molar-refractivity contribution in [3.05, 3.63) is 0 Å². The van der Waals surface area contributed by atoms with Crippen molar-refractivity contribution >= 4 is 17.8 Å². The van der Waals surface area contributed by atoms with Crippen LogP contribution >= 0.6 is 0 Å². The molecule has 0 spiro atoms. The zero-order valence-corrected chi connectivity index (χ0v) is 17.0. The zero-order valence-electron chi connectivity index (χ0n) is 17.0. The largest absolute Gasteiger partial charge is 0.480 e. The van der Waals surface area contributed by atoms with Crippen molar-refractivity contribution in [2.45, 2.75) is 39.2 Å². The molecule has 2 N–H and O–H groups in total. The third kappa shape index (κ3) is 20.6. The van der Waals surface area contributed by atoms with Crippen molar-refractivity contribution in [1.82, 2.24) is 5.32 Å². The number of ether oxygens (including phenoxy) is 5. The lowest BCUT2D eigenvalue weighted by Gasteiger charge is -2.19. The van der Waals surface area contributed by atoms with Crippen molar-refractivity contribution in [1.29, 1.82) is 0 Å². The molecule has 10 heteroatoms. The first-order chi connectivity index (χ1) is 13.2. The van der Waals surface area contributed by atoms with E-state index in [4.69, 9.17) is 28.8 Å². The summed E-state index contributed by atoms with van der Waals surface area (Å²) in [4.78, 5) is 33.2. The van der Waals surface area contributed by atoms with Crippen LogP contribution in [0.5, 0.6) is 0 Å². The van der Waals surface area contributed by atoms with E-state index in [1.54, 1.807) is 0 Å². The second-order valence-electron chi connectivity index (χ2n) is 6.76. The Kier molecular flexibility index (Phi) is 15.2. The molecule has 0 heterocycles. The number of nitrogens with one attached hydrogen (secondary N) is 1. The van der Waals surface area contributed by atoms with Crippen LogP contribution in [-0.4, -0.2) is 88.0 Å². The molecule has 0 unspecified atom stereocenters. The van der Waals surface area contributed by atoms with Gasteiger partial charge in [-0.25, -0.2) is 4.79 Å². The minimum absolute atomic E-state index is 0.0804. The summed E-state index contributed by atoms with van der Waals surface area (Å²) in [5.74, 6) is -1.55. The summed E-state index contributed by atoms with van der Waals surface area (Å²) in [7, 11) is 0. The van der Waals surface area contributed by atoms with Crippen LogP contribution in [-0.2, 0) is 38.1 Å². The van der Waals surface area contributed by atoms with Crippen LogP contribution in [0, 0.1) is 0 Å². The number of esters is 1. The summed E-state index contributed by atoms with van der Waals surface area (Å²) in [5, 5.41) is 11.0. The van der Waals surface area contributed by atoms with Gasteiger partial charge in [-0.2, -0.15) is 0 Å². The molecule has 0 aliphatic rings. The van der Waals surface area contributed by atoms with Crippen molar-refractivity contribution in [2.24, 2.45) is 0 Å². The van der Waals surface area contributed by atoms with E-state index in [1.807, 2.05) is 20.8 Å². The second-order valence-corrected chi connectivity index (χ2v) is 6.76. The monoisotopic (exact) mass is 407 g/mol. The van der Waals surface area contributed by atoms with Crippen LogP contribution < -0.4 is 5.32 Å². The number of hydrogen-bond acceptors (Lipinski definition) is 8. The summed E-state index contributed by atoms with van der Waals surface area (Å²) >= 11 is 0. The van der Waals surface area contributed by atoms with Gasteiger partial charge in [0.2, 0.25) is 5.91 Å². The molecular weight excluding hydrogens is 374 g/mol. The highest BCUT2D eigenvalue weighted by Gasteiger charge is 2.15. The highest BCUT2D eigenvalue weighted by molar-refractivity contribution is 5.77. The van der Waals surface area contributed by atoms with Gasteiger partial charge in [0.15, 0.2) is 0 Å². The number of rotatable bonds is 17. The first kappa shape index (κ1) is 26.2. The summed E-state index contributed by atoms with van der Waals surface area (Å²) < 4.78 is 25.6. The molecule has 0 bridgehead atoms. The van der Waals surface area contributed by atoms with Crippen molar-refractivity contribution in [2.75, 3.05) is 59.4 Å². The summed E-state index contributed by atoms with van der Waals surface area (Å²) in [6.07, 6.45) is 0.866. The van der Waals surface area contributed by atoms with Crippen molar-refractivity contribution in [3.8, 4) is 0 Å². The van der Waals surface area contributed by atoms with E-state index < -0.39 is 11.6 Å². The van der Waals surface area contributed by atoms with E-state index in [0.29, 0.717) is 39.2 Å². The molecule has 28 heavy (non-hydrogen) atoms. The number of aliphatic carboxylic acids is 1. The second kappa shape index (κ2) is 16.2. The molecule has 0 aliphatic carbocycles. The van der Waals surface area contributed by atoms with Crippen LogP contribution in [0.4, 0.5) is 0 Å². The predicted molar refractivity (Wildman–Crippen MR) is 99.0 cm³/mol. The zero-order chi connectivity index (χ0) is 21.3. The average Bonchev–Trinajstić information content (AvgIpc) is 2.57. The van der Waals surface area contributed by atoms with E-state index in [9.17, 15) is 14.4 Å². The molecule has 1 amide bonds. The standard InChI is InChI=1S/C18H33NO9/c1-18(2,3)28-17(23)5-4-7-24-9-11-26-13-15(20)19-6-8-25-10-12-27-14-16(21)22/h4-14H2,1-3H3,(H,19,20)(H,21,22). The molecule has 0 aromatic carbocycles. The number of carboxylic acid groups (broad SMARTS) is 1. The maximum Gasteiger partial charge on any atom is 0.329 e. The normalized spacial score (nSPS) is 11.2. The number of hydrogen-bond donors (Lipinski definition) is 2. The molecule has 0 aromatic rings. The smallest absolute Gasteiger partial charge is 0.329 e. The lowest BCUT2D eigenvalue weighted by molar-refractivity contribution is -0.155. The lowest BCUT2D eigenvalue weighted by atomic mass is 10.2. The van der Waals surface area contributed by atoms with Gasteiger partial charge >= 0.3 is 11.9 Å². The Morgan fingerprint density at radius 3 is 2.00 bits per heavy atom. The molecule has 0 radical (unpaired) electrons. The maximum absolute atomic E-state index is 11.5. The Morgan fingerprint density at radius 1 is 0.821 bits per heavy atom. The molecule has 0 fully saturated rings. The van der Waals surface area contributed by atoms with Gasteiger partial charge in [-0.1, -0.05) is 0 Å². The van der Waals surface area contributed by atoms with Crippen LogP contribution in [0.1, 0.15) is 33.6 Å². The minimum atomic E-state index is -1.03. The van der Waals surface area contributed by atoms with Crippen LogP contribution in [0.25, 0.3) is 0 Å². The van der Waals surface area contributed by atoms with Crippen LogP contribution in [0.2, 0.25) is 0 Å². The molecule has 0 aromatic heterocycles. The van der Waals surface area contributed by atoms with E-state index in [2.05, 4.69) is 5.32 Å². The maximum atomic E-state index is 11.5. The van der Waals surface area contributed by atoms with Gasteiger partial charge in [0.1, 0.15) is 18.8 Å². The number of carboxylic acids is 1. The molecule has 10 nitrogen and oxygen atoms in total. The van der Waals surface area contributed by atoms with Gasteiger partial charge in [-0.3, -0.25) is 9.59 Å². The molecule has 0 rings (SSSR count). The van der Waals surface area contributed by atoms with Gasteiger partial charge < -0.3 is 34.1 Å². The van der Waals surface area contributed by atoms with E-state index >= 15 is 0 Å². The first-order valence-electron chi connectivity index (χ1n) is 9.22. The SMILES string of the molecule is CC(C)(C)OC(=O)CCCOCCOCC(=O)NCCOCCOCC(=O)O. The Bertz CT molecular complexity index is 449. The third-order valence-corrected chi connectivity index (χ3v) is 2.86. The quantitative estimate of drug-likeness (QED) is 0.259. The number of carbonyl (C=O) groups is 3. The van der Waals surface area contributed by atoms with E-state index in [-0.39, 0.29) is 44.9 Å². The molecular formula is C18H33NO9. The van der Waals surface area contributed by atoms with Gasteiger partial charge in [-0.15, -0.1) is 0 Å². The number of amides is 1. The minimum Gasteiger partial charge on any atom is -0.480 e. The lowest BCUT2D eigenvalue weighted by Crippen LogP contribution is -2.31. The fraction of sp³-hybridized carbons (Fsp3) is 0.833. The Morgan fingerprint density at radius 2 is 1.39 bits per heavy atom. The first-order valence-corrected chi connectivity index (χ1v) is 9.22. The third-order valence-electron chi connectivity index (χ3n) is 2.86. The predicted octanol–water partition coefficient (Wildman–Crippen LogP) is 0.376. The molecule has 0 atom stereocenters. The van der Waals surface area contributed by atoms with Gasteiger partial charge in [-0.05, 0) is 27.2 Å². The average molecular weight is 407 g/mol. The van der Waals surface area contributed by atoms with Crippen LogP contribution in [0.3, 0.4) is 0 Å². The van der Waals surface area contributed by atoms with Crippen molar-refractivity contribution < 1.29 is 43.2 Å². The summed E-state index contributed by atoms with van der Waals surface area (Å²) in [6.45, 7) is 7.11. The molecule has 0 aliphatic heterocycles. The Balaban J connectivity index is 3.33. The van der Waals surface area contributed by atoms with E-state index in [0.717, 1.165) is 0 Å². The fourth-order valence-electron chi connectivity index (χ4n) is 1.79. The van der Waals surface area contributed by atoms with Crippen LogP contribution in [0.15, 0.2) is 0 Å². The van der Waals surface area contributed by atoms with Gasteiger partial charge in [0.25, 0.3) is 0 Å². The highest BCUT2D eigenvalue weighted by Crippen LogP contribution is 2.08. The molecule has 0 saturated carbocycles. The molecule has 0 saturated heterocycles. The summed E-state index contributed by atoms with van der Waals surface area (Å²) in [5.41, 5.74) is -0.477. The fourth-order valence-corrected chi connectivity index (χ4v) is 1.79. The van der Waals surface area contributed by atoms with Crippen molar-refractivity contribution in [3.63, 3.8) is 0 Å². The van der Waals surface area contributed by atoms with E-state index in [1.165, 1.54) is 0 Å². The Labute approximate surface area is 165 Å². The van der Waals surface area contributed by atoms with Gasteiger partial charge in [0.05, 0.1) is 33.0 Å².